The molecule has 0 fully saturated rings. The summed E-state index contributed by atoms with van der Waals surface area (Å²) in [4.78, 5) is 14.1. The molecule has 0 radical (unpaired) electrons. The number of aryl methyl sites for hydroxylation is 1. The van der Waals surface area contributed by atoms with E-state index < -0.39 is 0 Å². The van der Waals surface area contributed by atoms with Crippen LogP contribution in [0.25, 0.3) is 0 Å². The van der Waals surface area contributed by atoms with Gasteiger partial charge in [0, 0.05) is 18.8 Å². The Balaban J connectivity index is 1.69. The van der Waals surface area contributed by atoms with Crippen LogP contribution in [0.5, 0.6) is 0 Å². The van der Waals surface area contributed by atoms with Crippen molar-refractivity contribution in [2.75, 3.05) is 19.8 Å². The molecule has 4 heteroatoms. The van der Waals surface area contributed by atoms with Crippen molar-refractivity contribution in [1.29, 1.82) is 0 Å². The Bertz CT molecular complexity index is 653. The summed E-state index contributed by atoms with van der Waals surface area (Å²) in [6.07, 6.45) is 0. The molecule has 0 bridgehead atoms. The van der Waals surface area contributed by atoms with E-state index in [2.05, 4.69) is 79.8 Å². The van der Waals surface area contributed by atoms with Gasteiger partial charge in [0.25, 0.3) is 0 Å². The third kappa shape index (κ3) is 6.77. The average Bonchev–Trinajstić information content (AvgIpc) is 2.54. The summed E-state index contributed by atoms with van der Waals surface area (Å²) >= 11 is 1.65. The van der Waals surface area contributed by atoms with Gasteiger partial charge in [0.1, 0.15) is 0 Å². The van der Waals surface area contributed by atoms with Crippen LogP contribution in [0.3, 0.4) is 0 Å². The number of rotatable bonds is 8. The number of hydrogen-bond donors (Lipinski definition) is 1. The smallest absolute Gasteiger partial charge is 0.230 e. The molecular weight excluding hydrogens is 316 g/mol. The Labute approximate surface area is 149 Å². The first-order chi connectivity index (χ1) is 11.5. The lowest BCUT2D eigenvalue weighted by Gasteiger charge is -2.10. The molecule has 1 amide bonds. The van der Waals surface area contributed by atoms with Crippen molar-refractivity contribution >= 4 is 17.7 Å². The van der Waals surface area contributed by atoms with E-state index in [4.69, 9.17) is 0 Å². The van der Waals surface area contributed by atoms with E-state index >= 15 is 0 Å². The van der Waals surface area contributed by atoms with Gasteiger partial charge in [-0.3, -0.25) is 4.79 Å². The first-order valence-electron chi connectivity index (χ1n) is 8.15. The first-order valence-corrected chi connectivity index (χ1v) is 9.31. The van der Waals surface area contributed by atoms with E-state index in [1.54, 1.807) is 11.8 Å². The van der Waals surface area contributed by atoms with Crippen LogP contribution >= 0.6 is 11.8 Å². The number of carbonyl (C=O) groups excluding carboxylic acids is 1. The minimum Gasteiger partial charge on any atom is -0.351 e. The van der Waals surface area contributed by atoms with Crippen LogP contribution in [0, 0.1) is 6.92 Å². The molecule has 0 aliphatic heterocycles. The molecule has 0 saturated heterocycles. The summed E-state index contributed by atoms with van der Waals surface area (Å²) < 4.78 is 0. The van der Waals surface area contributed by atoms with Gasteiger partial charge < -0.3 is 10.2 Å². The van der Waals surface area contributed by atoms with Crippen LogP contribution in [0.4, 0.5) is 0 Å². The molecule has 0 aliphatic rings. The summed E-state index contributed by atoms with van der Waals surface area (Å²) in [7, 11) is 4.12. The van der Waals surface area contributed by atoms with Crippen molar-refractivity contribution in [2.45, 2.75) is 25.8 Å². The second-order valence-corrected chi connectivity index (χ2v) is 7.30. The largest absolute Gasteiger partial charge is 0.351 e. The van der Waals surface area contributed by atoms with E-state index in [1.807, 2.05) is 0 Å². The van der Waals surface area contributed by atoms with Gasteiger partial charge in [0.15, 0.2) is 0 Å². The van der Waals surface area contributed by atoms with Crippen molar-refractivity contribution in [2.24, 2.45) is 0 Å². The molecule has 128 valence electrons. The number of thioether (sulfide) groups is 1. The van der Waals surface area contributed by atoms with E-state index in [0.717, 1.165) is 17.9 Å². The molecular formula is C20H26N2OS. The van der Waals surface area contributed by atoms with Gasteiger partial charge in [0.05, 0.1) is 5.75 Å². The summed E-state index contributed by atoms with van der Waals surface area (Å²) in [5.74, 6) is 1.45. The van der Waals surface area contributed by atoms with Crippen molar-refractivity contribution in [3.63, 3.8) is 0 Å². The molecule has 2 aromatic carbocycles. The summed E-state index contributed by atoms with van der Waals surface area (Å²) in [5, 5.41) is 2.99. The lowest BCUT2D eigenvalue weighted by atomic mass is 10.1. The first kappa shape index (κ1) is 18.6. The Morgan fingerprint density at radius 2 is 1.75 bits per heavy atom. The maximum atomic E-state index is 11.9. The van der Waals surface area contributed by atoms with Crippen molar-refractivity contribution in [3.05, 3.63) is 70.8 Å². The minimum atomic E-state index is 0.0880. The van der Waals surface area contributed by atoms with Crippen LogP contribution in [0.15, 0.2) is 48.5 Å². The number of nitrogens with one attached hydrogen (secondary N) is 1. The maximum absolute atomic E-state index is 11.9. The lowest BCUT2D eigenvalue weighted by molar-refractivity contribution is -0.118. The summed E-state index contributed by atoms with van der Waals surface area (Å²) in [5.41, 5.74) is 4.94. The van der Waals surface area contributed by atoms with E-state index in [9.17, 15) is 4.79 Å². The number of hydrogen-bond acceptors (Lipinski definition) is 3. The zero-order valence-corrected chi connectivity index (χ0v) is 15.5. The number of benzene rings is 2. The molecule has 0 heterocycles. The second kappa shape index (κ2) is 9.50. The van der Waals surface area contributed by atoms with Crippen molar-refractivity contribution < 1.29 is 4.79 Å². The van der Waals surface area contributed by atoms with Gasteiger partial charge in [-0.05, 0) is 37.7 Å². The third-order valence-electron chi connectivity index (χ3n) is 3.60. The van der Waals surface area contributed by atoms with Gasteiger partial charge >= 0.3 is 0 Å². The Kier molecular flexibility index (Phi) is 7.35. The Morgan fingerprint density at radius 1 is 1.04 bits per heavy atom. The fraction of sp³-hybridized carbons (Fsp3) is 0.350. The molecule has 0 saturated carbocycles. The highest BCUT2D eigenvalue weighted by atomic mass is 32.2. The number of carbonyl (C=O) groups is 1. The van der Waals surface area contributed by atoms with Crippen LogP contribution < -0.4 is 5.32 Å². The quantitative estimate of drug-likeness (QED) is 0.795. The molecule has 0 unspecified atom stereocenters. The SMILES string of the molecule is Cc1cccc(CSCC(=O)NCc2ccc(CN(C)C)cc2)c1. The molecule has 0 aromatic heterocycles. The van der Waals surface area contributed by atoms with E-state index in [0.29, 0.717) is 12.3 Å². The standard InChI is InChI=1S/C20H26N2OS/c1-16-5-4-6-19(11-16)14-24-15-20(23)21-12-17-7-9-18(10-8-17)13-22(2)3/h4-11H,12-15H2,1-3H3,(H,21,23). The average molecular weight is 343 g/mol. The minimum absolute atomic E-state index is 0.0880. The fourth-order valence-electron chi connectivity index (χ4n) is 2.44. The van der Waals surface area contributed by atoms with Gasteiger partial charge in [-0.25, -0.2) is 0 Å². The van der Waals surface area contributed by atoms with Gasteiger partial charge in [-0.15, -0.1) is 11.8 Å². The molecule has 2 rings (SSSR count). The normalized spacial score (nSPS) is 10.8. The molecule has 2 aromatic rings. The summed E-state index contributed by atoms with van der Waals surface area (Å²) in [6, 6.07) is 16.8. The second-order valence-electron chi connectivity index (χ2n) is 6.31. The highest BCUT2D eigenvalue weighted by molar-refractivity contribution is 7.99. The zero-order valence-electron chi connectivity index (χ0n) is 14.7. The topological polar surface area (TPSA) is 32.3 Å². The van der Waals surface area contributed by atoms with Crippen LogP contribution in [0.2, 0.25) is 0 Å². The molecule has 0 atom stereocenters. The highest BCUT2D eigenvalue weighted by Gasteiger charge is 2.03. The fourth-order valence-corrected chi connectivity index (χ4v) is 3.25. The zero-order chi connectivity index (χ0) is 17.4. The molecule has 0 aliphatic carbocycles. The Morgan fingerprint density at radius 3 is 2.42 bits per heavy atom. The lowest BCUT2D eigenvalue weighted by Crippen LogP contribution is -2.24. The summed E-state index contributed by atoms with van der Waals surface area (Å²) in [6.45, 7) is 3.61. The highest BCUT2D eigenvalue weighted by Crippen LogP contribution is 2.13. The monoisotopic (exact) mass is 342 g/mol. The van der Waals surface area contributed by atoms with Gasteiger partial charge in [-0.1, -0.05) is 54.1 Å². The molecule has 3 nitrogen and oxygen atoms in total. The molecule has 1 N–H and O–H groups in total. The van der Waals surface area contributed by atoms with E-state index in [1.165, 1.54) is 16.7 Å². The van der Waals surface area contributed by atoms with Gasteiger partial charge in [0.2, 0.25) is 5.91 Å². The molecule has 24 heavy (non-hydrogen) atoms. The number of nitrogens with zero attached hydrogens (tertiary/aromatic N) is 1. The predicted octanol–water partition coefficient (Wildman–Crippen LogP) is 3.61. The van der Waals surface area contributed by atoms with E-state index in [-0.39, 0.29) is 5.91 Å². The molecule has 0 spiro atoms. The third-order valence-corrected chi connectivity index (χ3v) is 4.60. The van der Waals surface area contributed by atoms with Crippen LogP contribution in [-0.4, -0.2) is 30.7 Å². The van der Waals surface area contributed by atoms with Crippen LogP contribution in [0.1, 0.15) is 22.3 Å². The van der Waals surface area contributed by atoms with Gasteiger partial charge in [-0.2, -0.15) is 0 Å². The number of amides is 1. The van der Waals surface area contributed by atoms with Crippen LogP contribution in [-0.2, 0) is 23.6 Å². The van der Waals surface area contributed by atoms with Crippen molar-refractivity contribution in [3.8, 4) is 0 Å². The Hall–Kier alpha value is -1.78. The van der Waals surface area contributed by atoms with Crippen molar-refractivity contribution in [1.82, 2.24) is 10.2 Å². The maximum Gasteiger partial charge on any atom is 0.230 e. The predicted molar refractivity (Wildman–Crippen MR) is 103 cm³/mol.